The molecule has 112 valence electrons. The van der Waals surface area contributed by atoms with Crippen LogP contribution in [0.25, 0.3) is 0 Å². The van der Waals surface area contributed by atoms with Crippen LogP contribution in [0.5, 0.6) is 11.5 Å². The second kappa shape index (κ2) is 7.28. The Labute approximate surface area is 117 Å². The van der Waals surface area contributed by atoms with Gasteiger partial charge in [-0.05, 0) is 24.1 Å². The number of ether oxygens (including phenoxy) is 2. The fourth-order valence-corrected chi connectivity index (χ4v) is 2.11. The van der Waals surface area contributed by atoms with Crippen molar-refractivity contribution in [3.63, 3.8) is 0 Å². The van der Waals surface area contributed by atoms with Gasteiger partial charge >= 0.3 is 7.60 Å². The van der Waals surface area contributed by atoms with E-state index in [9.17, 15) is 9.36 Å². The first-order chi connectivity index (χ1) is 9.35. The van der Waals surface area contributed by atoms with Gasteiger partial charge in [-0.3, -0.25) is 9.36 Å². The predicted octanol–water partition coefficient (Wildman–Crippen LogP) is 0.540. The number of carbonyl (C=O) groups is 1. The first-order valence-corrected chi connectivity index (χ1v) is 7.67. The molecule has 1 amide bonds. The third-order valence-electron chi connectivity index (χ3n) is 2.53. The van der Waals surface area contributed by atoms with Crippen LogP contribution in [0.15, 0.2) is 18.2 Å². The molecule has 0 aromatic heterocycles. The van der Waals surface area contributed by atoms with E-state index in [0.29, 0.717) is 17.9 Å². The van der Waals surface area contributed by atoms with Crippen LogP contribution < -0.4 is 14.8 Å². The molecule has 1 rings (SSSR count). The summed E-state index contributed by atoms with van der Waals surface area (Å²) in [4.78, 5) is 28.5. The van der Waals surface area contributed by atoms with E-state index >= 15 is 0 Å². The standard InChI is InChI=1S/C12H18NO6P/c1-18-10-4-3-9(7-11(10)19-2)5-6-13-12(14)8-20(15,16)17/h3-4,7H,5-6,8H2,1-2H3,(H,13,14)(H2,15,16,17). The van der Waals surface area contributed by atoms with Crippen LogP contribution >= 0.6 is 7.60 Å². The zero-order valence-corrected chi connectivity index (χ0v) is 12.2. The van der Waals surface area contributed by atoms with E-state index in [1.54, 1.807) is 19.2 Å². The normalized spacial score (nSPS) is 11.0. The van der Waals surface area contributed by atoms with Crippen molar-refractivity contribution in [3.8, 4) is 11.5 Å². The minimum absolute atomic E-state index is 0.286. The Morgan fingerprint density at radius 3 is 2.45 bits per heavy atom. The van der Waals surface area contributed by atoms with Crippen LogP contribution in [-0.2, 0) is 15.8 Å². The van der Waals surface area contributed by atoms with Gasteiger partial charge in [0, 0.05) is 6.54 Å². The average Bonchev–Trinajstić information content (AvgIpc) is 2.36. The number of hydrogen-bond acceptors (Lipinski definition) is 4. The van der Waals surface area contributed by atoms with E-state index in [1.165, 1.54) is 7.11 Å². The second-order valence-corrected chi connectivity index (χ2v) is 5.76. The van der Waals surface area contributed by atoms with Gasteiger partial charge in [-0.1, -0.05) is 6.07 Å². The number of methoxy groups -OCH3 is 2. The van der Waals surface area contributed by atoms with Crippen molar-refractivity contribution < 1.29 is 28.6 Å². The molecule has 0 heterocycles. The van der Waals surface area contributed by atoms with Gasteiger partial charge in [0.15, 0.2) is 11.5 Å². The first kappa shape index (κ1) is 16.5. The molecule has 0 aliphatic carbocycles. The summed E-state index contributed by atoms with van der Waals surface area (Å²) in [6.45, 7) is 0.286. The van der Waals surface area contributed by atoms with Crippen LogP contribution in [0.2, 0.25) is 0 Å². The van der Waals surface area contributed by atoms with Crippen molar-refractivity contribution in [1.29, 1.82) is 0 Å². The monoisotopic (exact) mass is 303 g/mol. The van der Waals surface area contributed by atoms with Crippen LogP contribution in [0.4, 0.5) is 0 Å². The number of nitrogens with one attached hydrogen (secondary N) is 1. The Kier molecular flexibility index (Phi) is 6.01. The second-order valence-electron chi connectivity index (χ2n) is 4.11. The largest absolute Gasteiger partial charge is 0.493 e. The summed E-state index contributed by atoms with van der Waals surface area (Å²) in [6, 6.07) is 5.37. The molecular weight excluding hydrogens is 285 g/mol. The highest BCUT2D eigenvalue weighted by atomic mass is 31.2. The maximum atomic E-state index is 11.2. The highest BCUT2D eigenvalue weighted by Crippen LogP contribution is 2.33. The van der Waals surface area contributed by atoms with Gasteiger partial charge in [-0.2, -0.15) is 0 Å². The summed E-state index contributed by atoms with van der Waals surface area (Å²) < 4.78 is 20.9. The highest BCUT2D eigenvalue weighted by Gasteiger charge is 2.18. The van der Waals surface area contributed by atoms with E-state index in [2.05, 4.69) is 5.32 Å². The van der Waals surface area contributed by atoms with Crippen molar-refractivity contribution in [2.75, 3.05) is 26.9 Å². The SMILES string of the molecule is COc1ccc(CCNC(=O)CP(=O)(O)O)cc1OC. The quantitative estimate of drug-likeness (QED) is 0.635. The van der Waals surface area contributed by atoms with Gasteiger partial charge in [0.2, 0.25) is 5.91 Å². The maximum Gasteiger partial charge on any atom is 0.334 e. The lowest BCUT2D eigenvalue weighted by molar-refractivity contribution is -0.118. The number of carbonyl (C=O) groups excluding carboxylic acids is 1. The summed E-state index contributed by atoms with van der Waals surface area (Å²) >= 11 is 0. The molecule has 0 atom stereocenters. The third-order valence-corrected chi connectivity index (χ3v) is 3.23. The van der Waals surface area contributed by atoms with Crippen molar-refractivity contribution in [2.45, 2.75) is 6.42 Å². The summed E-state index contributed by atoms with van der Waals surface area (Å²) in [5.41, 5.74) is 0.916. The summed E-state index contributed by atoms with van der Waals surface area (Å²) in [7, 11) is -1.23. The zero-order valence-electron chi connectivity index (χ0n) is 11.3. The molecule has 1 aromatic carbocycles. The minimum atomic E-state index is -4.31. The molecular formula is C12H18NO6P. The molecule has 0 spiro atoms. The first-order valence-electron chi connectivity index (χ1n) is 5.88. The average molecular weight is 303 g/mol. The molecule has 20 heavy (non-hydrogen) atoms. The van der Waals surface area contributed by atoms with E-state index in [-0.39, 0.29) is 6.54 Å². The van der Waals surface area contributed by atoms with E-state index in [4.69, 9.17) is 19.3 Å². The summed E-state index contributed by atoms with van der Waals surface area (Å²) in [5, 5.41) is 2.45. The third kappa shape index (κ3) is 5.61. The van der Waals surface area contributed by atoms with Crippen LogP contribution in [0, 0.1) is 0 Å². The number of benzene rings is 1. The Balaban J connectivity index is 2.50. The Morgan fingerprint density at radius 1 is 1.25 bits per heavy atom. The predicted molar refractivity (Wildman–Crippen MR) is 73.2 cm³/mol. The van der Waals surface area contributed by atoms with Gasteiger partial charge in [-0.25, -0.2) is 0 Å². The fourth-order valence-electron chi connectivity index (χ4n) is 1.63. The number of hydrogen-bond donors (Lipinski definition) is 3. The molecule has 8 heteroatoms. The molecule has 0 radical (unpaired) electrons. The van der Waals surface area contributed by atoms with E-state index in [0.717, 1.165) is 5.56 Å². The Hall–Kier alpha value is -1.56. The zero-order chi connectivity index (χ0) is 15.2. The molecule has 0 unspecified atom stereocenters. The fraction of sp³-hybridized carbons (Fsp3) is 0.417. The van der Waals surface area contributed by atoms with Gasteiger partial charge in [0.1, 0.15) is 6.16 Å². The number of rotatable bonds is 7. The van der Waals surface area contributed by atoms with Gasteiger partial charge < -0.3 is 24.6 Å². The Morgan fingerprint density at radius 2 is 1.90 bits per heavy atom. The molecule has 0 aliphatic rings. The molecule has 0 saturated carbocycles. The highest BCUT2D eigenvalue weighted by molar-refractivity contribution is 7.52. The lowest BCUT2D eigenvalue weighted by Gasteiger charge is -2.10. The van der Waals surface area contributed by atoms with Gasteiger partial charge in [0.25, 0.3) is 0 Å². The number of amides is 1. The van der Waals surface area contributed by atoms with E-state index in [1.807, 2.05) is 6.07 Å². The summed E-state index contributed by atoms with van der Waals surface area (Å²) in [5.74, 6) is 0.534. The van der Waals surface area contributed by atoms with Crippen molar-refractivity contribution in [2.24, 2.45) is 0 Å². The molecule has 1 aromatic rings. The molecule has 7 nitrogen and oxygen atoms in total. The minimum Gasteiger partial charge on any atom is -0.493 e. The maximum absolute atomic E-state index is 11.2. The molecule has 0 saturated heterocycles. The molecule has 0 aliphatic heterocycles. The molecule has 0 fully saturated rings. The van der Waals surface area contributed by atoms with Gasteiger partial charge in [0.05, 0.1) is 14.2 Å². The lowest BCUT2D eigenvalue weighted by atomic mass is 10.1. The molecule has 0 bridgehead atoms. The van der Waals surface area contributed by atoms with Gasteiger partial charge in [-0.15, -0.1) is 0 Å². The summed E-state index contributed by atoms with van der Waals surface area (Å²) in [6.07, 6.45) is -0.272. The van der Waals surface area contributed by atoms with Crippen LogP contribution in [0.3, 0.4) is 0 Å². The van der Waals surface area contributed by atoms with Crippen molar-refractivity contribution in [1.82, 2.24) is 5.32 Å². The van der Waals surface area contributed by atoms with Crippen LogP contribution in [0.1, 0.15) is 5.56 Å². The Bertz CT molecular complexity index is 513. The van der Waals surface area contributed by atoms with Crippen molar-refractivity contribution >= 4 is 13.5 Å². The van der Waals surface area contributed by atoms with E-state index < -0.39 is 19.7 Å². The van der Waals surface area contributed by atoms with Crippen molar-refractivity contribution in [3.05, 3.63) is 23.8 Å². The molecule has 3 N–H and O–H groups in total. The topological polar surface area (TPSA) is 105 Å². The smallest absolute Gasteiger partial charge is 0.334 e. The lowest BCUT2D eigenvalue weighted by Crippen LogP contribution is -2.28. The van der Waals surface area contributed by atoms with Crippen LogP contribution in [-0.4, -0.2) is 42.6 Å².